The van der Waals surface area contributed by atoms with Crippen molar-refractivity contribution in [3.63, 3.8) is 0 Å². The Morgan fingerprint density at radius 3 is 2.91 bits per heavy atom. The largest absolute Gasteiger partial charge is 0.353 e. The van der Waals surface area contributed by atoms with Gasteiger partial charge in [-0.15, -0.1) is 11.3 Å². The fraction of sp³-hybridized carbons (Fsp3) is 0.267. The highest BCUT2D eigenvalue weighted by Gasteiger charge is 2.21. The third-order valence-corrected chi connectivity index (χ3v) is 5.59. The lowest BCUT2D eigenvalue weighted by Crippen LogP contribution is -2.50. The molecule has 8 heteroatoms. The van der Waals surface area contributed by atoms with Crippen LogP contribution in [-0.4, -0.2) is 47.1 Å². The minimum absolute atomic E-state index is 0.0342. The van der Waals surface area contributed by atoms with Gasteiger partial charge in [0.05, 0.1) is 18.0 Å². The fourth-order valence-corrected chi connectivity index (χ4v) is 4.01. The van der Waals surface area contributed by atoms with Crippen molar-refractivity contribution >= 4 is 46.5 Å². The Morgan fingerprint density at radius 2 is 2.17 bits per heavy atom. The minimum Gasteiger partial charge on any atom is -0.353 e. The fourth-order valence-electron chi connectivity index (χ4n) is 2.14. The summed E-state index contributed by atoms with van der Waals surface area (Å²) in [7, 11) is 0. The van der Waals surface area contributed by atoms with Gasteiger partial charge >= 0.3 is 0 Å². The van der Waals surface area contributed by atoms with E-state index in [4.69, 9.17) is 11.6 Å². The zero-order valence-corrected chi connectivity index (χ0v) is 14.5. The Morgan fingerprint density at radius 1 is 1.39 bits per heavy atom. The minimum atomic E-state index is -0.103. The van der Waals surface area contributed by atoms with Gasteiger partial charge in [0, 0.05) is 29.1 Å². The Labute approximate surface area is 147 Å². The van der Waals surface area contributed by atoms with Crippen LogP contribution in [0, 0.1) is 0 Å². The number of hydrogen-bond acceptors (Lipinski definition) is 5. The second-order valence-corrected chi connectivity index (χ2v) is 7.48. The van der Waals surface area contributed by atoms with E-state index in [9.17, 15) is 9.59 Å². The average molecular weight is 368 g/mol. The van der Waals surface area contributed by atoms with E-state index in [0.717, 1.165) is 15.6 Å². The maximum Gasteiger partial charge on any atom is 0.239 e. The number of carbonyl (C=O) groups excluding carboxylic acids is 2. The Balaban J connectivity index is 1.57. The standard InChI is InChI=1S/C15H14ClN3O2S2/c16-11-3-1-10(2-4-11)12-8-22-15(18-12)23-9-14(21)19-6-5-17-13(20)7-19/h1-4,8H,5-7,9H2,(H,17,20). The van der Waals surface area contributed by atoms with E-state index < -0.39 is 0 Å². The van der Waals surface area contributed by atoms with E-state index in [0.29, 0.717) is 23.9 Å². The van der Waals surface area contributed by atoms with Gasteiger partial charge in [-0.2, -0.15) is 0 Å². The normalized spacial score (nSPS) is 14.7. The van der Waals surface area contributed by atoms with Crippen molar-refractivity contribution in [3.8, 4) is 11.3 Å². The van der Waals surface area contributed by atoms with Gasteiger partial charge in [-0.05, 0) is 12.1 Å². The summed E-state index contributed by atoms with van der Waals surface area (Å²) in [6.45, 7) is 1.24. The van der Waals surface area contributed by atoms with Gasteiger partial charge in [0.2, 0.25) is 11.8 Å². The molecule has 5 nitrogen and oxygen atoms in total. The molecule has 23 heavy (non-hydrogen) atoms. The summed E-state index contributed by atoms with van der Waals surface area (Å²) in [6.07, 6.45) is 0. The average Bonchev–Trinajstić information content (AvgIpc) is 3.02. The van der Waals surface area contributed by atoms with Gasteiger partial charge in [0.15, 0.2) is 4.34 Å². The molecule has 1 aromatic carbocycles. The number of nitrogens with zero attached hydrogens (tertiary/aromatic N) is 2. The number of carbonyl (C=O) groups is 2. The molecule has 1 aliphatic heterocycles. The van der Waals surface area contributed by atoms with Crippen LogP contribution in [-0.2, 0) is 9.59 Å². The lowest BCUT2D eigenvalue weighted by Gasteiger charge is -2.26. The van der Waals surface area contributed by atoms with Crippen LogP contribution >= 0.6 is 34.7 Å². The molecular weight excluding hydrogens is 354 g/mol. The number of thiazole rings is 1. The van der Waals surface area contributed by atoms with E-state index in [2.05, 4.69) is 10.3 Å². The lowest BCUT2D eigenvalue weighted by molar-refractivity contribution is -0.136. The number of rotatable bonds is 4. The molecule has 0 radical (unpaired) electrons. The van der Waals surface area contributed by atoms with Crippen molar-refractivity contribution < 1.29 is 9.59 Å². The first-order valence-corrected chi connectivity index (χ1v) is 9.25. The molecule has 0 bridgehead atoms. The number of amides is 2. The van der Waals surface area contributed by atoms with E-state index >= 15 is 0 Å². The SMILES string of the molecule is O=C1CN(C(=O)CSc2nc(-c3ccc(Cl)cc3)cs2)CCN1. The van der Waals surface area contributed by atoms with E-state index in [1.807, 2.05) is 29.6 Å². The summed E-state index contributed by atoms with van der Waals surface area (Å²) in [5.41, 5.74) is 1.87. The Bertz CT molecular complexity index is 718. The first-order chi connectivity index (χ1) is 11.1. The number of nitrogens with one attached hydrogen (secondary N) is 1. The Kier molecular flexibility index (Phi) is 5.20. The van der Waals surface area contributed by atoms with Crippen LogP contribution in [0.1, 0.15) is 0 Å². The quantitative estimate of drug-likeness (QED) is 0.843. The second-order valence-electron chi connectivity index (χ2n) is 4.96. The van der Waals surface area contributed by atoms with Crippen molar-refractivity contribution in [3.05, 3.63) is 34.7 Å². The maximum absolute atomic E-state index is 12.1. The van der Waals surface area contributed by atoms with Crippen LogP contribution in [0.2, 0.25) is 5.02 Å². The summed E-state index contributed by atoms with van der Waals surface area (Å²) in [5.74, 6) is 0.155. The molecule has 2 amide bonds. The smallest absolute Gasteiger partial charge is 0.239 e. The van der Waals surface area contributed by atoms with Crippen molar-refractivity contribution in [2.45, 2.75) is 4.34 Å². The number of benzene rings is 1. The first kappa shape index (κ1) is 16.3. The molecule has 1 fully saturated rings. The van der Waals surface area contributed by atoms with Crippen molar-refractivity contribution in [2.75, 3.05) is 25.4 Å². The van der Waals surface area contributed by atoms with Crippen LogP contribution < -0.4 is 5.32 Å². The highest BCUT2D eigenvalue weighted by Crippen LogP contribution is 2.29. The van der Waals surface area contributed by atoms with Crippen molar-refractivity contribution in [1.82, 2.24) is 15.2 Å². The summed E-state index contributed by atoms with van der Waals surface area (Å²) in [5, 5.41) is 5.36. The lowest BCUT2D eigenvalue weighted by atomic mass is 10.2. The zero-order valence-electron chi connectivity index (χ0n) is 12.1. The summed E-state index contributed by atoms with van der Waals surface area (Å²) < 4.78 is 0.838. The molecule has 1 aliphatic rings. The number of halogens is 1. The molecular formula is C15H14ClN3O2S2. The predicted octanol–water partition coefficient (Wildman–Crippen LogP) is 2.51. The highest BCUT2D eigenvalue weighted by atomic mass is 35.5. The highest BCUT2D eigenvalue weighted by molar-refractivity contribution is 8.01. The van der Waals surface area contributed by atoms with Gasteiger partial charge < -0.3 is 10.2 Å². The van der Waals surface area contributed by atoms with Gasteiger partial charge in [0.1, 0.15) is 0 Å². The molecule has 120 valence electrons. The molecule has 2 heterocycles. The molecule has 0 saturated carbocycles. The molecule has 1 N–H and O–H groups in total. The van der Waals surface area contributed by atoms with E-state index in [-0.39, 0.29) is 18.4 Å². The molecule has 3 rings (SSSR count). The number of piperazine rings is 1. The second kappa shape index (κ2) is 7.33. The van der Waals surface area contributed by atoms with Crippen molar-refractivity contribution in [2.24, 2.45) is 0 Å². The monoisotopic (exact) mass is 367 g/mol. The Hall–Kier alpha value is -1.57. The summed E-state index contributed by atoms with van der Waals surface area (Å²) in [4.78, 5) is 29.5. The van der Waals surface area contributed by atoms with Gasteiger partial charge in [-0.3, -0.25) is 9.59 Å². The first-order valence-electron chi connectivity index (χ1n) is 7.00. The molecule has 0 aliphatic carbocycles. The number of aromatic nitrogens is 1. The summed E-state index contributed by atoms with van der Waals surface area (Å²) >= 11 is 8.79. The van der Waals surface area contributed by atoms with Gasteiger partial charge in [-0.1, -0.05) is 35.5 Å². The third-order valence-electron chi connectivity index (χ3n) is 3.33. The van der Waals surface area contributed by atoms with Crippen LogP contribution in [0.25, 0.3) is 11.3 Å². The molecule has 1 saturated heterocycles. The zero-order chi connectivity index (χ0) is 16.2. The molecule has 1 aromatic heterocycles. The molecule has 0 atom stereocenters. The molecule has 0 spiro atoms. The van der Waals surface area contributed by atoms with Crippen LogP contribution in [0.4, 0.5) is 0 Å². The molecule has 0 unspecified atom stereocenters. The summed E-state index contributed by atoms with van der Waals surface area (Å²) in [6, 6.07) is 7.49. The van der Waals surface area contributed by atoms with Gasteiger partial charge in [-0.25, -0.2) is 4.98 Å². The predicted molar refractivity (Wildman–Crippen MR) is 92.9 cm³/mol. The topological polar surface area (TPSA) is 62.3 Å². The van der Waals surface area contributed by atoms with Crippen LogP contribution in [0.5, 0.6) is 0 Å². The maximum atomic E-state index is 12.1. The molecule has 2 aromatic rings. The van der Waals surface area contributed by atoms with Crippen molar-refractivity contribution in [1.29, 1.82) is 0 Å². The number of thioether (sulfide) groups is 1. The van der Waals surface area contributed by atoms with Crippen LogP contribution in [0.3, 0.4) is 0 Å². The number of hydrogen-bond donors (Lipinski definition) is 1. The van der Waals surface area contributed by atoms with Crippen LogP contribution in [0.15, 0.2) is 34.0 Å². The van der Waals surface area contributed by atoms with E-state index in [1.54, 1.807) is 4.90 Å². The van der Waals surface area contributed by atoms with Gasteiger partial charge in [0.25, 0.3) is 0 Å². The van der Waals surface area contributed by atoms with E-state index in [1.165, 1.54) is 23.1 Å². The third kappa shape index (κ3) is 4.25.